The Morgan fingerprint density at radius 3 is 2.26 bits per heavy atom. The van der Waals surface area contributed by atoms with Crippen molar-refractivity contribution in [2.45, 2.75) is 30.6 Å². The molecule has 1 aliphatic heterocycles. The highest BCUT2D eigenvalue weighted by Gasteiger charge is 2.31. The number of carbonyl (C=O) groups excluding carboxylic acids is 2. The summed E-state index contributed by atoms with van der Waals surface area (Å²) in [6.45, 7) is 1.60. The minimum absolute atomic E-state index is 0. The van der Waals surface area contributed by atoms with E-state index in [1.54, 1.807) is 41.3 Å². The number of rotatable bonds is 6. The van der Waals surface area contributed by atoms with Gasteiger partial charge in [0.2, 0.25) is 21.8 Å². The van der Waals surface area contributed by atoms with Gasteiger partial charge in [-0.2, -0.15) is 4.31 Å². The summed E-state index contributed by atoms with van der Waals surface area (Å²) in [5, 5.41) is 5.03. The first-order valence-electron chi connectivity index (χ1n) is 11.7. The summed E-state index contributed by atoms with van der Waals surface area (Å²) in [7, 11) is -3.68. The van der Waals surface area contributed by atoms with E-state index in [9.17, 15) is 18.0 Å². The second kappa shape index (κ2) is 11.9. The van der Waals surface area contributed by atoms with Gasteiger partial charge in [0.15, 0.2) is 0 Å². The Hall–Kier alpha value is -1.91. The summed E-state index contributed by atoms with van der Waals surface area (Å²) in [6.07, 6.45) is 3.51. The molecule has 1 saturated heterocycles. The van der Waals surface area contributed by atoms with Crippen LogP contribution in [0.5, 0.6) is 0 Å². The number of piperazine rings is 1. The molecule has 11 heteroatoms. The Morgan fingerprint density at radius 1 is 0.971 bits per heavy atom. The van der Waals surface area contributed by atoms with Crippen LogP contribution in [0.4, 0.5) is 0 Å². The lowest BCUT2D eigenvalue weighted by atomic mass is 9.81. The highest BCUT2D eigenvalue weighted by Crippen LogP contribution is 2.28. The van der Waals surface area contributed by atoms with E-state index in [-0.39, 0.29) is 54.7 Å². The summed E-state index contributed by atoms with van der Waals surface area (Å²) in [5.41, 5.74) is 5.71. The predicted molar refractivity (Wildman–Crippen MR) is 139 cm³/mol. The molecule has 0 unspecified atom stereocenters. The van der Waals surface area contributed by atoms with E-state index in [1.165, 1.54) is 4.31 Å². The van der Waals surface area contributed by atoms with Crippen LogP contribution in [0.3, 0.4) is 0 Å². The highest BCUT2D eigenvalue weighted by atomic mass is 35.5. The molecule has 2 aliphatic rings. The second-order valence-electron chi connectivity index (χ2n) is 9.11. The third-order valence-corrected chi connectivity index (χ3v) is 9.10. The summed E-state index contributed by atoms with van der Waals surface area (Å²) < 4.78 is 27.7. The highest BCUT2D eigenvalue weighted by molar-refractivity contribution is 7.89. The fraction of sp³-hybridized carbons (Fsp3) is 0.500. The van der Waals surface area contributed by atoms with Gasteiger partial charge in [0.05, 0.1) is 11.4 Å². The van der Waals surface area contributed by atoms with Crippen LogP contribution < -0.4 is 11.1 Å². The number of hydrogen-bond donors (Lipinski definition) is 2. The minimum atomic E-state index is -3.68. The molecule has 0 bridgehead atoms. The first-order valence-corrected chi connectivity index (χ1v) is 13.5. The van der Waals surface area contributed by atoms with Crippen molar-refractivity contribution in [3.8, 4) is 0 Å². The lowest BCUT2D eigenvalue weighted by Gasteiger charge is -2.34. The van der Waals surface area contributed by atoms with Crippen molar-refractivity contribution in [2.75, 3.05) is 39.3 Å². The Bertz CT molecular complexity index is 1160. The molecule has 2 aromatic carbocycles. The first kappa shape index (κ1) is 27.7. The monoisotopic (exact) mass is 542 g/mol. The Kier molecular flexibility index (Phi) is 9.40. The SMILES string of the molecule is Cl.NCC1CCC(C(=O)NCC(=O)N2CCN(S(=O)(=O)c3ccc4cc(Cl)ccc4c3)CC2)CC1. The number of carbonyl (C=O) groups is 2. The van der Waals surface area contributed by atoms with Crippen LogP contribution in [-0.2, 0) is 19.6 Å². The third-order valence-electron chi connectivity index (χ3n) is 6.97. The molecule has 1 saturated carbocycles. The number of hydrogen-bond acceptors (Lipinski definition) is 5. The summed E-state index contributed by atoms with van der Waals surface area (Å²) in [6, 6.07) is 10.3. The van der Waals surface area contributed by atoms with Crippen LogP contribution in [0.1, 0.15) is 25.7 Å². The van der Waals surface area contributed by atoms with Gasteiger partial charge in [0.1, 0.15) is 0 Å². The zero-order valence-electron chi connectivity index (χ0n) is 19.5. The fourth-order valence-corrected chi connectivity index (χ4v) is 6.40. The maximum atomic E-state index is 13.1. The molecular formula is C24H32Cl2N4O4S. The summed E-state index contributed by atoms with van der Waals surface area (Å²) in [5.74, 6) is 0.160. The molecule has 0 aromatic heterocycles. The number of nitrogens with zero attached hydrogens (tertiary/aromatic N) is 2. The molecule has 0 spiro atoms. The molecule has 192 valence electrons. The number of fused-ring (bicyclic) bond motifs is 1. The van der Waals surface area contributed by atoms with Crippen molar-refractivity contribution >= 4 is 56.6 Å². The smallest absolute Gasteiger partial charge is 0.243 e. The molecule has 2 fully saturated rings. The van der Waals surface area contributed by atoms with Gasteiger partial charge in [-0.25, -0.2) is 8.42 Å². The van der Waals surface area contributed by atoms with Crippen LogP contribution in [0.15, 0.2) is 41.3 Å². The summed E-state index contributed by atoms with van der Waals surface area (Å²) >= 11 is 6.01. The van der Waals surface area contributed by atoms with Crippen molar-refractivity contribution in [2.24, 2.45) is 17.6 Å². The molecule has 8 nitrogen and oxygen atoms in total. The lowest BCUT2D eigenvalue weighted by molar-refractivity contribution is -0.135. The lowest BCUT2D eigenvalue weighted by Crippen LogP contribution is -2.52. The standard InChI is InChI=1S/C24H31ClN4O4S.ClH/c25-21-7-5-20-14-22(8-6-19(20)13-21)34(32,33)29-11-9-28(10-12-29)23(30)16-27-24(31)18-3-1-17(15-26)2-4-18;/h5-8,13-14,17-18H,1-4,9-12,15-16,26H2,(H,27,31);1H. The molecule has 35 heavy (non-hydrogen) atoms. The number of benzene rings is 2. The molecular weight excluding hydrogens is 511 g/mol. The largest absolute Gasteiger partial charge is 0.347 e. The number of amides is 2. The van der Waals surface area contributed by atoms with Crippen LogP contribution in [0, 0.1) is 11.8 Å². The Morgan fingerprint density at radius 2 is 1.60 bits per heavy atom. The van der Waals surface area contributed by atoms with E-state index in [4.69, 9.17) is 17.3 Å². The van der Waals surface area contributed by atoms with Crippen molar-refractivity contribution < 1.29 is 18.0 Å². The van der Waals surface area contributed by atoms with Gasteiger partial charge in [0.25, 0.3) is 0 Å². The predicted octanol–water partition coefficient (Wildman–Crippen LogP) is 2.63. The van der Waals surface area contributed by atoms with Crippen LogP contribution in [0.2, 0.25) is 5.02 Å². The zero-order chi connectivity index (χ0) is 24.3. The van der Waals surface area contributed by atoms with Gasteiger partial charge in [-0.3, -0.25) is 9.59 Å². The molecule has 0 radical (unpaired) electrons. The first-order chi connectivity index (χ1) is 16.3. The topological polar surface area (TPSA) is 113 Å². The Balaban J connectivity index is 0.00000342. The van der Waals surface area contributed by atoms with Crippen molar-refractivity contribution in [3.05, 3.63) is 41.4 Å². The molecule has 2 amide bonds. The number of nitrogens with one attached hydrogen (secondary N) is 1. The average Bonchev–Trinajstić information content (AvgIpc) is 2.86. The molecule has 3 N–H and O–H groups in total. The maximum absolute atomic E-state index is 13.1. The fourth-order valence-electron chi connectivity index (χ4n) is 4.76. The third kappa shape index (κ3) is 6.46. The zero-order valence-corrected chi connectivity index (χ0v) is 21.9. The van der Waals surface area contributed by atoms with E-state index >= 15 is 0 Å². The minimum Gasteiger partial charge on any atom is -0.347 e. The molecule has 1 aliphatic carbocycles. The number of halogens is 2. The van der Waals surface area contributed by atoms with E-state index < -0.39 is 10.0 Å². The molecule has 1 heterocycles. The van der Waals surface area contributed by atoms with Gasteiger partial charge in [-0.15, -0.1) is 12.4 Å². The van der Waals surface area contributed by atoms with Gasteiger partial charge >= 0.3 is 0 Å². The van der Waals surface area contributed by atoms with Crippen molar-refractivity contribution in [1.29, 1.82) is 0 Å². The van der Waals surface area contributed by atoms with Crippen LogP contribution in [-0.4, -0.2) is 68.7 Å². The molecule has 4 rings (SSSR count). The summed E-state index contributed by atoms with van der Waals surface area (Å²) in [4.78, 5) is 26.9. The molecule has 2 aromatic rings. The van der Waals surface area contributed by atoms with Crippen molar-refractivity contribution in [1.82, 2.24) is 14.5 Å². The normalized spacial score (nSPS) is 21.4. The van der Waals surface area contributed by atoms with Crippen LogP contribution in [0.25, 0.3) is 10.8 Å². The second-order valence-corrected chi connectivity index (χ2v) is 11.5. The quantitative estimate of drug-likeness (QED) is 0.582. The van der Waals surface area contributed by atoms with Gasteiger partial charge < -0.3 is 16.0 Å². The average molecular weight is 544 g/mol. The maximum Gasteiger partial charge on any atom is 0.243 e. The van der Waals surface area contributed by atoms with Crippen molar-refractivity contribution in [3.63, 3.8) is 0 Å². The van der Waals surface area contributed by atoms with Gasteiger partial charge in [-0.1, -0.05) is 23.7 Å². The van der Waals surface area contributed by atoms with Crippen LogP contribution >= 0.6 is 24.0 Å². The number of nitrogens with two attached hydrogens (primary N) is 1. The van der Waals surface area contributed by atoms with Gasteiger partial charge in [-0.05, 0) is 73.2 Å². The van der Waals surface area contributed by atoms with E-state index in [0.717, 1.165) is 36.5 Å². The van der Waals surface area contributed by atoms with E-state index in [2.05, 4.69) is 5.32 Å². The van der Waals surface area contributed by atoms with Gasteiger partial charge in [0, 0.05) is 37.1 Å². The van der Waals surface area contributed by atoms with E-state index in [1.807, 2.05) is 0 Å². The number of sulfonamides is 1. The van der Waals surface area contributed by atoms with E-state index in [0.29, 0.717) is 30.6 Å². The Labute approximate surface area is 217 Å². The molecule has 0 atom stereocenters.